The van der Waals surface area contributed by atoms with E-state index in [0.29, 0.717) is 24.2 Å². The molecule has 33 heavy (non-hydrogen) atoms. The van der Waals surface area contributed by atoms with Gasteiger partial charge in [0.1, 0.15) is 0 Å². The molecular weight excluding hydrogens is 425 g/mol. The lowest BCUT2D eigenvalue weighted by atomic mass is 9.69. The van der Waals surface area contributed by atoms with Crippen molar-refractivity contribution in [3.63, 3.8) is 0 Å². The van der Waals surface area contributed by atoms with Crippen LogP contribution in [-0.4, -0.2) is 42.8 Å². The Morgan fingerprint density at radius 1 is 1.18 bits per heavy atom. The standard InChI is InChI=1S/C24H26FN5O3/c1-13-10-14(11-20(31)24(13,2)33)15-8-9-27-12-19(15)30-23(32)22-16(26)6-7-18(29-22)17-4-3-5-21(25)28-17/h3-9,12-14,20,31,33H,10-11,26H2,1-2H3,(H,30,32)/t13-,14+,20+,24+/m0/s1. The highest BCUT2D eigenvalue weighted by molar-refractivity contribution is 6.06. The summed E-state index contributed by atoms with van der Waals surface area (Å²) in [5, 5.41) is 23.8. The number of aromatic nitrogens is 3. The average Bonchev–Trinajstić information content (AvgIpc) is 2.78. The van der Waals surface area contributed by atoms with Crippen molar-refractivity contribution in [1.82, 2.24) is 15.0 Å². The Bertz CT molecular complexity index is 1170. The van der Waals surface area contributed by atoms with E-state index in [1.54, 1.807) is 31.3 Å². The minimum absolute atomic E-state index is 0.0201. The number of aliphatic hydroxyl groups excluding tert-OH is 1. The highest BCUT2D eigenvalue weighted by atomic mass is 19.1. The van der Waals surface area contributed by atoms with E-state index < -0.39 is 23.6 Å². The second kappa shape index (κ2) is 8.84. The molecule has 4 rings (SSSR count). The molecule has 0 radical (unpaired) electrons. The number of aliphatic hydroxyl groups is 2. The Balaban J connectivity index is 1.61. The molecule has 172 valence electrons. The summed E-state index contributed by atoms with van der Waals surface area (Å²) < 4.78 is 13.5. The Morgan fingerprint density at radius 3 is 2.67 bits per heavy atom. The van der Waals surface area contributed by atoms with Gasteiger partial charge in [0.2, 0.25) is 5.95 Å². The molecule has 0 aliphatic heterocycles. The molecule has 4 atom stereocenters. The van der Waals surface area contributed by atoms with Crippen LogP contribution in [0, 0.1) is 11.9 Å². The summed E-state index contributed by atoms with van der Waals surface area (Å²) in [5.41, 5.74) is 6.85. The average molecular weight is 452 g/mol. The number of hydrogen-bond acceptors (Lipinski definition) is 7. The van der Waals surface area contributed by atoms with Crippen LogP contribution >= 0.6 is 0 Å². The molecule has 0 aromatic carbocycles. The van der Waals surface area contributed by atoms with Gasteiger partial charge in [-0.3, -0.25) is 9.78 Å². The number of nitrogens with one attached hydrogen (secondary N) is 1. The largest absolute Gasteiger partial charge is 0.397 e. The van der Waals surface area contributed by atoms with E-state index in [-0.39, 0.29) is 28.9 Å². The van der Waals surface area contributed by atoms with Gasteiger partial charge in [0.15, 0.2) is 5.69 Å². The van der Waals surface area contributed by atoms with Gasteiger partial charge in [-0.25, -0.2) is 9.97 Å². The number of nitrogens with zero attached hydrogens (tertiary/aromatic N) is 3. The van der Waals surface area contributed by atoms with Gasteiger partial charge in [0.05, 0.1) is 40.7 Å². The summed E-state index contributed by atoms with van der Waals surface area (Å²) in [6, 6.07) is 9.21. The van der Waals surface area contributed by atoms with Crippen LogP contribution in [0.3, 0.4) is 0 Å². The smallest absolute Gasteiger partial charge is 0.276 e. The van der Waals surface area contributed by atoms with Crippen molar-refractivity contribution in [2.24, 2.45) is 5.92 Å². The van der Waals surface area contributed by atoms with Crippen LogP contribution in [0.25, 0.3) is 11.4 Å². The third-order valence-electron chi connectivity index (χ3n) is 6.48. The van der Waals surface area contributed by atoms with Crippen molar-refractivity contribution >= 4 is 17.3 Å². The molecular formula is C24H26FN5O3. The van der Waals surface area contributed by atoms with Crippen LogP contribution < -0.4 is 11.1 Å². The topological polar surface area (TPSA) is 134 Å². The number of anilines is 2. The van der Waals surface area contributed by atoms with Crippen molar-refractivity contribution in [3.05, 3.63) is 66.0 Å². The summed E-state index contributed by atoms with van der Waals surface area (Å²) in [6.07, 6.45) is 3.25. The Morgan fingerprint density at radius 2 is 1.94 bits per heavy atom. The minimum atomic E-state index is -1.17. The summed E-state index contributed by atoms with van der Waals surface area (Å²) in [5.74, 6) is -1.42. The van der Waals surface area contributed by atoms with Crippen LogP contribution in [0.1, 0.15) is 48.7 Å². The molecule has 1 amide bonds. The number of halogens is 1. The van der Waals surface area contributed by atoms with E-state index in [9.17, 15) is 19.4 Å². The first kappa shape index (κ1) is 22.8. The van der Waals surface area contributed by atoms with Crippen molar-refractivity contribution in [1.29, 1.82) is 0 Å². The van der Waals surface area contributed by atoms with Gasteiger partial charge < -0.3 is 21.3 Å². The zero-order chi connectivity index (χ0) is 23.8. The number of hydrogen-bond donors (Lipinski definition) is 4. The maximum absolute atomic E-state index is 13.5. The Kier molecular flexibility index (Phi) is 6.09. The van der Waals surface area contributed by atoms with Gasteiger partial charge in [0, 0.05) is 6.20 Å². The van der Waals surface area contributed by atoms with Crippen LogP contribution in [0.15, 0.2) is 48.8 Å². The quantitative estimate of drug-likeness (QED) is 0.448. The SMILES string of the molecule is C[C@H]1C[C@@H](c2ccncc2NC(=O)c2nc(-c3cccc(F)n3)ccc2N)C[C@@H](O)[C@]1(C)O. The summed E-state index contributed by atoms with van der Waals surface area (Å²) in [4.78, 5) is 25.3. The lowest BCUT2D eigenvalue weighted by molar-refractivity contribution is -0.123. The van der Waals surface area contributed by atoms with Crippen molar-refractivity contribution < 1.29 is 19.4 Å². The van der Waals surface area contributed by atoms with E-state index in [1.165, 1.54) is 24.4 Å². The molecule has 0 bridgehead atoms. The van der Waals surface area contributed by atoms with Crippen molar-refractivity contribution in [2.45, 2.75) is 44.3 Å². The Labute approximate surface area is 190 Å². The van der Waals surface area contributed by atoms with E-state index >= 15 is 0 Å². The summed E-state index contributed by atoms with van der Waals surface area (Å²) >= 11 is 0. The second-order valence-electron chi connectivity index (χ2n) is 8.71. The number of rotatable bonds is 4. The predicted octanol–water partition coefficient (Wildman–Crippen LogP) is 3.14. The third kappa shape index (κ3) is 4.55. The fourth-order valence-corrected chi connectivity index (χ4v) is 4.24. The number of amides is 1. The zero-order valence-corrected chi connectivity index (χ0v) is 18.4. The van der Waals surface area contributed by atoms with Gasteiger partial charge in [-0.15, -0.1) is 0 Å². The number of pyridine rings is 3. The first-order chi connectivity index (χ1) is 15.7. The molecule has 5 N–H and O–H groups in total. The molecule has 0 spiro atoms. The molecule has 3 aromatic heterocycles. The van der Waals surface area contributed by atoms with Crippen molar-refractivity contribution in [3.8, 4) is 11.4 Å². The van der Waals surface area contributed by atoms with Gasteiger partial charge in [-0.1, -0.05) is 13.0 Å². The number of carbonyl (C=O) groups excluding carboxylic acids is 1. The van der Waals surface area contributed by atoms with E-state index in [1.807, 2.05) is 6.92 Å². The zero-order valence-electron chi connectivity index (χ0n) is 18.4. The van der Waals surface area contributed by atoms with Crippen LogP contribution in [-0.2, 0) is 0 Å². The second-order valence-corrected chi connectivity index (χ2v) is 8.71. The van der Waals surface area contributed by atoms with Crippen LogP contribution in [0.2, 0.25) is 0 Å². The number of nitrogen functional groups attached to an aromatic ring is 1. The maximum Gasteiger partial charge on any atom is 0.276 e. The lowest BCUT2D eigenvalue weighted by Gasteiger charge is -2.43. The minimum Gasteiger partial charge on any atom is -0.397 e. The highest BCUT2D eigenvalue weighted by Crippen LogP contribution is 2.43. The van der Waals surface area contributed by atoms with Gasteiger partial charge in [-0.05, 0) is 67.5 Å². The molecule has 9 heteroatoms. The molecule has 0 saturated heterocycles. The fraction of sp³-hybridized carbons (Fsp3) is 0.333. The predicted molar refractivity (Wildman–Crippen MR) is 122 cm³/mol. The molecule has 3 heterocycles. The molecule has 8 nitrogen and oxygen atoms in total. The lowest BCUT2D eigenvalue weighted by Crippen LogP contribution is -2.49. The van der Waals surface area contributed by atoms with Crippen LogP contribution in [0.4, 0.5) is 15.8 Å². The van der Waals surface area contributed by atoms with Crippen molar-refractivity contribution in [2.75, 3.05) is 11.1 Å². The monoisotopic (exact) mass is 451 g/mol. The molecule has 1 saturated carbocycles. The summed E-state index contributed by atoms with van der Waals surface area (Å²) in [6.45, 7) is 3.54. The molecule has 1 aliphatic rings. The molecule has 3 aromatic rings. The maximum atomic E-state index is 13.5. The highest BCUT2D eigenvalue weighted by Gasteiger charge is 2.43. The third-order valence-corrected chi connectivity index (χ3v) is 6.48. The van der Waals surface area contributed by atoms with Gasteiger partial charge in [-0.2, -0.15) is 4.39 Å². The molecule has 1 aliphatic carbocycles. The van der Waals surface area contributed by atoms with E-state index in [2.05, 4.69) is 20.3 Å². The summed E-state index contributed by atoms with van der Waals surface area (Å²) in [7, 11) is 0. The first-order valence-corrected chi connectivity index (χ1v) is 10.7. The first-order valence-electron chi connectivity index (χ1n) is 10.7. The van der Waals surface area contributed by atoms with Crippen LogP contribution in [0.5, 0.6) is 0 Å². The normalized spacial score (nSPS) is 24.9. The number of carbonyl (C=O) groups is 1. The molecule has 0 unspecified atom stereocenters. The Hall–Kier alpha value is -3.43. The van der Waals surface area contributed by atoms with E-state index in [4.69, 9.17) is 5.73 Å². The molecule has 1 fully saturated rings. The van der Waals surface area contributed by atoms with Gasteiger partial charge in [0.25, 0.3) is 5.91 Å². The van der Waals surface area contributed by atoms with Gasteiger partial charge >= 0.3 is 0 Å². The fourth-order valence-electron chi connectivity index (χ4n) is 4.24. The van der Waals surface area contributed by atoms with E-state index in [0.717, 1.165) is 5.56 Å². The number of nitrogens with two attached hydrogens (primary N) is 1.